The molecule has 1 aromatic heterocycles. The third-order valence-corrected chi connectivity index (χ3v) is 5.69. The number of nitro benzene ring substituents is 3. The summed E-state index contributed by atoms with van der Waals surface area (Å²) in [6.07, 6.45) is 5.23. The van der Waals surface area contributed by atoms with E-state index in [1.165, 1.54) is 40.9 Å². The Kier molecular flexibility index (Phi) is 5.87. The summed E-state index contributed by atoms with van der Waals surface area (Å²) >= 11 is 1.86. The third-order valence-electron chi connectivity index (χ3n) is 4.65. The van der Waals surface area contributed by atoms with Crippen LogP contribution in [0.2, 0.25) is 0 Å². The van der Waals surface area contributed by atoms with Crippen molar-refractivity contribution in [2.24, 2.45) is 0 Å². The lowest BCUT2D eigenvalue weighted by molar-refractivity contribution is -0.404. The van der Waals surface area contributed by atoms with Gasteiger partial charge in [-0.15, -0.1) is 11.3 Å². The molecular formula is C18H16N4O7S. The molecule has 0 saturated carbocycles. The minimum absolute atomic E-state index is 0.447. The number of nitrogens with zero attached hydrogens (tertiary/aromatic N) is 4. The molecule has 0 spiro atoms. The molecule has 0 bridgehead atoms. The Bertz CT molecular complexity index is 1140. The van der Waals surface area contributed by atoms with Crippen LogP contribution in [0.5, 0.6) is 5.75 Å². The molecule has 0 amide bonds. The quantitative estimate of drug-likeness (QED) is 0.463. The maximum Gasteiger partial charge on any atom is 0.324 e. The fraction of sp³-hybridized carbons (Fsp3) is 0.278. The maximum atomic E-state index is 10.4. The summed E-state index contributed by atoms with van der Waals surface area (Å²) in [5, 5.41) is 41.4. The van der Waals surface area contributed by atoms with Gasteiger partial charge in [-0.05, 0) is 49.8 Å². The minimum Gasteiger partial charge on any atom is -0.497 e. The van der Waals surface area contributed by atoms with E-state index >= 15 is 0 Å². The summed E-state index contributed by atoms with van der Waals surface area (Å²) in [5.74, 6) is -1.21. The number of hydrogen-bond acceptors (Lipinski definition) is 9. The minimum atomic E-state index is -1.21. The van der Waals surface area contributed by atoms with E-state index < -0.39 is 37.6 Å². The lowest BCUT2D eigenvalue weighted by Gasteiger charge is -2.15. The summed E-state index contributed by atoms with van der Waals surface area (Å²) in [6, 6.07) is 5.35. The molecule has 1 N–H and O–H groups in total. The van der Waals surface area contributed by atoms with Gasteiger partial charge >= 0.3 is 11.4 Å². The van der Waals surface area contributed by atoms with Gasteiger partial charge in [0.15, 0.2) is 0 Å². The molecular weight excluding hydrogens is 416 g/mol. The Labute approximate surface area is 173 Å². The van der Waals surface area contributed by atoms with Crippen molar-refractivity contribution in [3.05, 3.63) is 70.7 Å². The molecule has 4 rings (SSSR count). The highest BCUT2D eigenvalue weighted by molar-refractivity contribution is 7.18. The van der Waals surface area contributed by atoms with Crippen molar-refractivity contribution in [2.75, 3.05) is 0 Å². The number of non-ortho nitro benzene ring substituents is 1. The predicted molar refractivity (Wildman–Crippen MR) is 109 cm³/mol. The summed E-state index contributed by atoms with van der Waals surface area (Å²) in [6.45, 7) is 2.10. The maximum absolute atomic E-state index is 10.4. The van der Waals surface area contributed by atoms with Gasteiger partial charge in [0.05, 0.1) is 42.1 Å². The third kappa shape index (κ3) is 4.17. The fourth-order valence-corrected chi connectivity index (χ4v) is 4.31. The first-order chi connectivity index (χ1) is 14.2. The van der Waals surface area contributed by atoms with Crippen molar-refractivity contribution in [2.45, 2.75) is 32.6 Å². The second-order valence-corrected chi connectivity index (χ2v) is 7.80. The topological polar surface area (TPSA) is 163 Å². The first kappa shape index (κ1) is 21.0. The molecule has 1 aliphatic rings. The number of aromatic hydroxyl groups is 1. The summed E-state index contributed by atoms with van der Waals surface area (Å²) in [4.78, 5) is 32.3. The number of hydrogen-bond donors (Lipinski definition) is 1. The van der Waals surface area contributed by atoms with Crippen LogP contribution in [0.3, 0.4) is 0 Å². The number of rotatable bonds is 3. The normalized spacial score (nSPS) is 12.6. The van der Waals surface area contributed by atoms with Crippen LogP contribution in [0.1, 0.15) is 29.0 Å². The Morgan fingerprint density at radius 2 is 1.57 bits per heavy atom. The van der Waals surface area contributed by atoms with Gasteiger partial charge in [-0.3, -0.25) is 30.3 Å². The molecule has 3 aromatic rings. The van der Waals surface area contributed by atoms with E-state index in [0.29, 0.717) is 12.1 Å². The van der Waals surface area contributed by atoms with Gasteiger partial charge in [0.2, 0.25) is 0 Å². The van der Waals surface area contributed by atoms with E-state index in [-0.39, 0.29) is 0 Å². The molecule has 11 nitrogen and oxygen atoms in total. The van der Waals surface area contributed by atoms with Gasteiger partial charge in [0.25, 0.3) is 11.4 Å². The first-order valence-corrected chi connectivity index (χ1v) is 9.68. The van der Waals surface area contributed by atoms with Crippen LogP contribution in [-0.4, -0.2) is 24.9 Å². The highest BCUT2D eigenvalue weighted by Crippen LogP contribution is 2.39. The molecule has 156 valence electrons. The zero-order valence-corrected chi connectivity index (χ0v) is 16.5. The number of benzene rings is 2. The monoisotopic (exact) mass is 432 g/mol. The van der Waals surface area contributed by atoms with Crippen LogP contribution in [0.15, 0.2) is 24.3 Å². The Morgan fingerprint density at radius 3 is 2.13 bits per heavy atom. The molecule has 0 unspecified atom stereocenters. The van der Waals surface area contributed by atoms with Crippen LogP contribution in [-0.2, 0) is 12.8 Å². The van der Waals surface area contributed by atoms with Crippen LogP contribution in [0.4, 0.5) is 17.1 Å². The number of phenols is 1. The number of nitro groups is 3. The largest absolute Gasteiger partial charge is 0.497 e. The van der Waals surface area contributed by atoms with E-state index in [9.17, 15) is 30.3 Å². The van der Waals surface area contributed by atoms with Crippen LogP contribution < -0.4 is 0 Å². The van der Waals surface area contributed by atoms with Gasteiger partial charge in [-0.1, -0.05) is 6.07 Å². The number of aryl methyl sites for hydroxylation is 3. The number of aromatic nitrogens is 1. The van der Waals surface area contributed by atoms with E-state index in [1.807, 2.05) is 11.3 Å². The van der Waals surface area contributed by atoms with E-state index in [0.717, 1.165) is 0 Å². The molecule has 0 atom stereocenters. The fourth-order valence-electron chi connectivity index (χ4n) is 3.30. The van der Waals surface area contributed by atoms with Crippen molar-refractivity contribution < 1.29 is 19.9 Å². The lowest BCUT2D eigenvalue weighted by Crippen LogP contribution is -2.01. The van der Waals surface area contributed by atoms with Crippen molar-refractivity contribution >= 4 is 38.6 Å². The van der Waals surface area contributed by atoms with Gasteiger partial charge in [-0.25, -0.2) is 4.98 Å². The van der Waals surface area contributed by atoms with Gasteiger partial charge in [0.1, 0.15) is 0 Å². The van der Waals surface area contributed by atoms with Gasteiger partial charge < -0.3 is 5.11 Å². The highest BCUT2D eigenvalue weighted by Gasteiger charge is 2.30. The number of fused-ring (bicyclic) bond motifs is 3. The van der Waals surface area contributed by atoms with E-state index in [2.05, 4.69) is 24.0 Å². The van der Waals surface area contributed by atoms with Crippen LogP contribution in [0, 0.1) is 37.3 Å². The molecule has 1 heterocycles. The van der Waals surface area contributed by atoms with Crippen molar-refractivity contribution in [1.29, 1.82) is 0 Å². The lowest BCUT2D eigenvalue weighted by atomic mass is 9.91. The molecule has 0 saturated heterocycles. The molecule has 2 aromatic carbocycles. The average molecular weight is 432 g/mol. The zero-order valence-electron chi connectivity index (χ0n) is 15.7. The molecule has 0 fully saturated rings. The number of phenolic OH excluding ortho intramolecular Hbond substituents is 1. The predicted octanol–water partition coefficient (Wildman–Crippen LogP) is 4.60. The van der Waals surface area contributed by atoms with Crippen molar-refractivity contribution in [3.63, 3.8) is 0 Å². The number of thiazole rings is 1. The highest BCUT2D eigenvalue weighted by atomic mass is 32.1. The summed E-state index contributed by atoms with van der Waals surface area (Å²) < 4.78 is 1.44. The molecule has 0 radical (unpaired) electrons. The average Bonchev–Trinajstić information content (AvgIpc) is 3.08. The molecule has 30 heavy (non-hydrogen) atoms. The Balaban J connectivity index is 0.000000171. The molecule has 1 aliphatic carbocycles. The summed E-state index contributed by atoms with van der Waals surface area (Å²) in [5.41, 5.74) is 1.35. The van der Waals surface area contributed by atoms with Gasteiger partial charge in [0, 0.05) is 0 Å². The van der Waals surface area contributed by atoms with E-state index in [4.69, 9.17) is 5.11 Å². The smallest absolute Gasteiger partial charge is 0.324 e. The van der Waals surface area contributed by atoms with Crippen molar-refractivity contribution in [3.8, 4) is 5.75 Å². The molecule has 0 aliphatic heterocycles. The van der Waals surface area contributed by atoms with E-state index in [1.54, 1.807) is 11.1 Å². The first-order valence-electron chi connectivity index (χ1n) is 8.87. The van der Waals surface area contributed by atoms with Crippen molar-refractivity contribution in [1.82, 2.24) is 4.98 Å². The second-order valence-electron chi connectivity index (χ2n) is 6.60. The molecule has 12 heteroatoms. The second kappa shape index (κ2) is 8.37. The Hall–Kier alpha value is -3.67. The van der Waals surface area contributed by atoms with Gasteiger partial charge in [-0.2, -0.15) is 0 Å². The zero-order chi connectivity index (χ0) is 22.0. The van der Waals surface area contributed by atoms with Crippen LogP contribution >= 0.6 is 11.3 Å². The summed E-state index contributed by atoms with van der Waals surface area (Å²) in [7, 11) is 0. The Morgan fingerprint density at radius 1 is 0.967 bits per heavy atom. The standard InChI is InChI=1S/C12H13NS.C6H3N3O7/c1-8-13-11-7-6-9-4-2-3-5-10(9)12(11)14-8;10-6-4(8(13)14)1-3(7(11)12)2-5(6)9(15)16/h6-7H,2-5H2,1H3;1-2,10H. The SMILES string of the molecule is Cc1nc2ccc3c(c2s1)CCCC3.O=[N+]([O-])c1cc([N+](=O)[O-])c(O)c([N+](=O)[O-])c1. The van der Waals surface area contributed by atoms with Crippen LogP contribution in [0.25, 0.3) is 10.2 Å².